The summed E-state index contributed by atoms with van der Waals surface area (Å²) in [6.45, 7) is 4.80. The highest BCUT2D eigenvalue weighted by atomic mass is 32.2. The lowest BCUT2D eigenvalue weighted by molar-refractivity contribution is 0.382. The molecule has 0 radical (unpaired) electrons. The van der Waals surface area contributed by atoms with Gasteiger partial charge in [-0.15, -0.1) is 0 Å². The van der Waals surface area contributed by atoms with E-state index in [4.69, 9.17) is 12.2 Å². The second kappa shape index (κ2) is 5.33. The van der Waals surface area contributed by atoms with Gasteiger partial charge < -0.3 is 4.90 Å². The summed E-state index contributed by atoms with van der Waals surface area (Å²) in [5.74, 6) is 0. The highest BCUT2D eigenvalue weighted by molar-refractivity contribution is 8.21. The van der Waals surface area contributed by atoms with Gasteiger partial charge in [0.1, 0.15) is 0 Å². The summed E-state index contributed by atoms with van der Waals surface area (Å²) < 4.78 is 3.54. The number of thiocarbonyl (C=S) groups is 1. The van der Waals surface area contributed by atoms with Gasteiger partial charge in [-0.2, -0.15) is 0 Å². The maximum absolute atomic E-state index is 5.44. The van der Waals surface area contributed by atoms with Crippen molar-refractivity contribution in [3.63, 3.8) is 0 Å². The summed E-state index contributed by atoms with van der Waals surface area (Å²) in [7, 11) is 0. The number of rotatable bonds is 1. The standard InChI is InChI=1S/C10H18N2S2/c13-10(11-6-4-5-7-11)14-12-8-2-1-3-9-12/h1-9H2. The topological polar surface area (TPSA) is 6.48 Å². The Morgan fingerprint density at radius 2 is 1.43 bits per heavy atom. The van der Waals surface area contributed by atoms with Gasteiger partial charge in [0.2, 0.25) is 0 Å². The molecular weight excluding hydrogens is 212 g/mol. The van der Waals surface area contributed by atoms with Crippen LogP contribution in [0.15, 0.2) is 0 Å². The maximum Gasteiger partial charge on any atom is 0.151 e. The molecule has 2 heterocycles. The predicted molar refractivity (Wildman–Crippen MR) is 66.4 cm³/mol. The van der Waals surface area contributed by atoms with Gasteiger partial charge in [0.05, 0.1) is 0 Å². The fourth-order valence-electron chi connectivity index (χ4n) is 2.02. The van der Waals surface area contributed by atoms with Crippen LogP contribution >= 0.6 is 24.2 Å². The molecule has 2 rings (SSSR count). The van der Waals surface area contributed by atoms with Gasteiger partial charge in [0, 0.05) is 26.2 Å². The van der Waals surface area contributed by atoms with Crippen molar-refractivity contribution in [2.24, 2.45) is 0 Å². The van der Waals surface area contributed by atoms with Crippen LogP contribution in [0.5, 0.6) is 0 Å². The van der Waals surface area contributed by atoms with E-state index in [9.17, 15) is 0 Å². The minimum atomic E-state index is 1.10. The van der Waals surface area contributed by atoms with Crippen LogP contribution in [-0.4, -0.2) is 39.7 Å². The first kappa shape index (κ1) is 10.7. The van der Waals surface area contributed by atoms with Gasteiger partial charge in [-0.25, -0.2) is 4.31 Å². The highest BCUT2D eigenvalue weighted by Gasteiger charge is 2.19. The molecule has 0 aliphatic carbocycles. The van der Waals surface area contributed by atoms with Gasteiger partial charge in [0.25, 0.3) is 0 Å². The molecule has 0 bridgehead atoms. The second-order valence-corrected chi connectivity index (χ2v) is 5.77. The molecule has 0 aromatic heterocycles. The number of likely N-dealkylation sites (tertiary alicyclic amines) is 1. The van der Waals surface area contributed by atoms with E-state index in [0.717, 1.165) is 4.32 Å². The summed E-state index contributed by atoms with van der Waals surface area (Å²) in [4.78, 5) is 2.36. The smallest absolute Gasteiger partial charge is 0.151 e. The zero-order valence-electron chi connectivity index (χ0n) is 8.57. The van der Waals surface area contributed by atoms with E-state index in [0.29, 0.717) is 0 Å². The van der Waals surface area contributed by atoms with Gasteiger partial charge in [-0.1, -0.05) is 18.6 Å². The molecule has 2 aliphatic heterocycles. The van der Waals surface area contributed by atoms with E-state index >= 15 is 0 Å². The van der Waals surface area contributed by atoms with Crippen LogP contribution in [0.2, 0.25) is 0 Å². The minimum absolute atomic E-state index is 1.10. The first-order valence-electron chi connectivity index (χ1n) is 5.58. The quantitative estimate of drug-likeness (QED) is 0.504. The molecule has 0 aromatic carbocycles. The molecule has 0 N–H and O–H groups in total. The zero-order chi connectivity index (χ0) is 9.80. The van der Waals surface area contributed by atoms with E-state index in [1.165, 1.54) is 58.3 Å². The Morgan fingerprint density at radius 1 is 0.857 bits per heavy atom. The second-order valence-electron chi connectivity index (χ2n) is 4.04. The molecule has 2 aliphatic rings. The summed E-state index contributed by atoms with van der Waals surface area (Å²) in [5, 5.41) is 0. The molecule has 80 valence electrons. The van der Waals surface area contributed by atoms with Crippen molar-refractivity contribution in [3.8, 4) is 0 Å². The Balaban J connectivity index is 1.75. The first-order chi connectivity index (χ1) is 6.86. The normalized spacial score (nSPS) is 24.1. The number of nitrogens with zero attached hydrogens (tertiary/aromatic N) is 2. The molecule has 2 fully saturated rings. The Labute approximate surface area is 96.1 Å². The average Bonchev–Trinajstić information content (AvgIpc) is 2.72. The lowest BCUT2D eigenvalue weighted by atomic mass is 10.2. The molecule has 2 nitrogen and oxygen atoms in total. The first-order valence-corrected chi connectivity index (χ1v) is 6.76. The van der Waals surface area contributed by atoms with Crippen LogP contribution in [0.1, 0.15) is 32.1 Å². The Bertz CT molecular complexity index is 196. The summed E-state index contributed by atoms with van der Waals surface area (Å²) in [6, 6.07) is 0. The molecule has 4 heteroatoms. The molecule has 14 heavy (non-hydrogen) atoms. The molecule has 0 amide bonds. The lowest BCUT2D eigenvalue weighted by Gasteiger charge is -2.28. The van der Waals surface area contributed by atoms with E-state index in [1.807, 2.05) is 11.9 Å². The molecule has 0 saturated carbocycles. The summed E-state index contributed by atoms with van der Waals surface area (Å²) in [5.41, 5.74) is 0. The molecule has 0 atom stereocenters. The van der Waals surface area contributed by atoms with Crippen molar-refractivity contribution in [1.82, 2.24) is 9.21 Å². The summed E-state index contributed by atoms with van der Waals surface area (Å²) >= 11 is 7.25. The van der Waals surface area contributed by atoms with Crippen LogP contribution in [0.25, 0.3) is 0 Å². The molecule has 2 saturated heterocycles. The van der Waals surface area contributed by atoms with Gasteiger partial charge in [0.15, 0.2) is 4.32 Å². The van der Waals surface area contributed by atoms with E-state index in [-0.39, 0.29) is 0 Å². The van der Waals surface area contributed by atoms with Crippen molar-refractivity contribution in [1.29, 1.82) is 0 Å². The molecule has 0 aromatic rings. The van der Waals surface area contributed by atoms with E-state index < -0.39 is 0 Å². The number of piperidine rings is 1. The Morgan fingerprint density at radius 3 is 2.07 bits per heavy atom. The van der Waals surface area contributed by atoms with Crippen molar-refractivity contribution in [2.45, 2.75) is 32.1 Å². The fraction of sp³-hybridized carbons (Fsp3) is 0.900. The SMILES string of the molecule is S=C(SN1CCCCC1)N1CCCC1. The maximum atomic E-state index is 5.44. The van der Waals surface area contributed by atoms with Crippen LogP contribution in [0, 0.1) is 0 Å². The number of hydrogen-bond donors (Lipinski definition) is 0. The average molecular weight is 230 g/mol. The van der Waals surface area contributed by atoms with Crippen molar-refractivity contribution in [3.05, 3.63) is 0 Å². The van der Waals surface area contributed by atoms with Crippen molar-refractivity contribution >= 4 is 28.5 Å². The van der Waals surface area contributed by atoms with Crippen molar-refractivity contribution in [2.75, 3.05) is 26.2 Å². The van der Waals surface area contributed by atoms with Gasteiger partial charge in [-0.3, -0.25) is 0 Å². The molecule has 0 unspecified atom stereocenters. The monoisotopic (exact) mass is 230 g/mol. The van der Waals surface area contributed by atoms with E-state index in [2.05, 4.69) is 9.21 Å². The highest BCUT2D eigenvalue weighted by Crippen LogP contribution is 2.23. The van der Waals surface area contributed by atoms with Crippen LogP contribution in [-0.2, 0) is 0 Å². The summed E-state index contributed by atoms with van der Waals surface area (Å²) in [6.07, 6.45) is 6.72. The van der Waals surface area contributed by atoms with Crippen LogP contribution in [0.3, 0.4) is 0 Å². The Kier molecular flexibility index (Phi) is 4.08. The fourth-order valence-corrected chi connectivity index (χ4v) is 3.48. The largest absolute Gasteiger partial charge is 0.356 e. The minimum Gasteiger partial charge on any atom is -0.356 e. The lowest BCUT2D eigenvalue weighted by Crippen LogP contribution is -2.30. The van der Waals surface area contributed by atoms with Crippen LogP contribution in [0.4, 0.5) is 0 Å². The molecule has 0 spiro atoms. The third kappa shape index (κ3) is 2.84. The third-order valence-corrected chi connectivity index (χ3v) is 4.41. The Hall–Kier alpha value is 0.200. The predicted octanol–water partition coefficient (Wildman–Crippen LogP) is 2.50. The van der Waals surface area contributed by atoms with Gasteiger partial charge in [-0.05, 0) is 37.6 Å². The van der Waals surface area contributed by atoms with Crippen molar-refractivity contribution < 1.29 is 0 Å². The third-order valence-electron chi connectivity index (χ3n) is 2.89. The van der Waals surface area contributed by atoms with E-state index in [1.54, 1.807) is 0 Å². The van der Waals surface area contributed by atoms with Gasteiger partial charge >= 0.3 is 0 Å². The van der Waals surface area contributed by atoms with Crippen LogP contribution < -0.4 is 0 Å². The zero-order valence-corrected chi connectivity index (χ0v) is 10.2. The number of hydrogen-bond acceptors (Lipinski definition) is 3. The molecular formula is C10H18N2S2.